The highest BCUT2D eigenvalue weighted by Gasteiger charge is 2.26. The van der Waals surface area contributed by atoms with Crippen molar-refractivity contribution in [2.75, 3.05) is 19.6 Å². The maximum atomic E-state index is 14.7. The Morgan fingerprint density at radius 2 is 2.00 bits per heavy atom. The summed E-state index contributed by atoms with van der Waals surface area (Å²) < 4.78 is 36.3. The number of nitrogens with one attached hydrogen (secondary N) is 1. The predicted molar refractivity (Wildman–Crippen MR) is 132 cm³/mol. The molecule has 1 atom stereocenters. The first-order valence-electron chi connectivity index (χ1n) is 11.9. The van der Waals surface area contributed by atoms with Gasteiger partial charge >= 0.3 is 5.69 Å². The number of rotatable bonds is 3. The number of ether oxygens (including phenoxy) is 1. The molecule has 0 bridgehead atoms. The molecule has 3 heterocycles. The zero-order valence-corrected chi connectivity index (χ0v) is 19.4. The fraction of sp³-hybridized carbons (Fsp3) is 0.250. The minimum Gasteiger partial charge on any atom is -0.488 e. The number of aromatic nitrogens is 2. The van der Waals surface area contributed by atoms with Gasteiger partial charge in [0.2, 0.25) is 0 Å². The summed E-state index contributed by atoms with van der Waals surface area (Å²) in [5.41, 5.74) is 4.92. The lowest BCUT2D eigenvalue weighted by Gasteiger charge is -2.14. The fourth-order valence-electron chi connectivity index (χ4n) is 5.32. The van der Waals surface area contributed by atoms with E-state index in [4.69, 9.17) is 4.74 Å². The van der Waals surface area contributed by atoms with E-state index in [1.807, 2.05) is 34.9 Å². The molecule has 0 radical (unpaired) electrons. The van der Waals surface area contributed by atoms with Crippen LogP contribution >= 0.6 is 0 Å². The number of benzene rings is 3. The standard InChI is InChI=1S/C28H25F2N3O2/c1-2-32-11-10-19(15-32)33-26-9-6-17(13-25(26)31-28(33)34)12-22-20-4-3-5-24(30)23(20)16-35-27-14-18(29)7-8-21(22)27/h3-9,12-14,19H,2,10-11,15-16H2,1H3,(H,31,34)/b22-12+/t19-/m0/s1. The molecule has 0 amide bonds. The van der Waals surface area contributed by atoms with Gasteiger partial charge in [-0.1, -0.05) is 25.1 Å². The van der Waals surface area contributed by atoms with Gasteiger partial charge < -0.3 is 14.6 Å². The molecule has 1 aromatic heterocycles. The number of hydrogen-bond acceptors (Lipinski definition) is 3. The molecule has 7 heteroatoms. The van der Waals surface area contributed by atoms with Crippen LogP contribution in [0.25, 0.3) is 22.7 Å². The van der Waals surface area contributed by atoms with E-state index in [2.05, 4.69) is 16.8 Å². The Hall–Kier alpha value is -3.71. The van der Waals surface area contributed by atoms with Gasteiger partial charge in [-0.3, -0.25) is 4.57 Å². The lowest BCUT2D eigenvalue weighted by Crippen LogP contribution is -2.26. The molecule has 1 fully saturated rings. The van der Waals surface area contributed by atoms with Gasteiger partial charge in [-0.05, 0) is 66.1 Å². The molecule has 2 aliphatic rings. The summed E-state index contributed by atoms with van der Waals surface area (Å²) in [6, 6.07) is 15.3. The normalized spacial score (nSPS) is 18.9. The van der Waals surface area contributed by atoms with Crippen LogP contribution in [0.3, 0.4) is 0 Å². The van der Waals surface area contributed by atoms with E-state index in [-0.39, 0.29) is 24.2 Å². The maximum absolute atomic E-state index is 14.7. The smallest absolute Gasteiger partial charge is 0.326 e. The van der Waals surface area contributed by atoms with E-state index in [0.29, 0.717) is 22.4 Å². The van der Waals surface area contributed by atoms with Crippen molar-refractivity contribution in [3.8, 4) is 5.75 Å². The highest BCUT2D eigenvalue weighted by atomic mass is 19.1. The third-order valence-electron chi connectivity index (χ3n) is 7.13. The molecular formula is C28H25F2N3O2. The highest BCUT2D eigenvalue weighted by molar-refractivity contribution is 5.95. The van der Waals surface area contributed by atoms with E-state index in [9.17, 15) is 13.6 Å². The topological polar surface area (TPSA) is 50.3 Å². The van der Waals surface area contributed by atoms with Crippen LogP contribution in [0.2, 0.25) is 0 Å². The average Bonchev–Trinajstić information content (AvgIpc) is 3.40. The SMILES string of the molecule is CCN1CC[C@H](n2c(=O)[nH]c3cc(/C=C4/c5ccc(F)cc5OCc5c(F)cccc54)ccc32)C1. The molecule has 0 saturated carbocycles. The Balaban J connectivity index is 1.48. The molecule has 3 aromatic carbocycles. The average molecular weight is 474 g/mol. The van der Waals surface area contributed by atoms with Crippen LogP contribution in [0.15, 0.2) is 59.4 Å². The quantitative estimate of drug-likeness (QED) is 0.436. The third-order valence-corrected chi connectivity index (χ3v) is 7.13. The van der Waals surface area contributed by atoms with Crippen molar-refractivity contribution < 1.29 is 13.5 Å². The van der Waals surface area contributed by atoms with Crippen LogP contribution < -0.4 is 10.4 Å². The molecule has 2 aliphatic heterocycles. The number of likely N-dealkylation sites (N-methyl/N-ethyl adjacent to an activating group) is 1. The van der Waals surface area contributed by atoms with Crippen LogP contribution in [0.5, 0.6) is 5.75 Å². The number of likely N-dealkylation sites (tertiary alicyclic amines) is 1. The Morgan fingerprint density at radius 1 is 1.11 bits per heavy atom. The van der Waals surface area contributed by atoms with Crippen LogP contribution in [-0.2, 0) is 6.61 Å². The summed E-state index contributed by atoms with van der Waals surface area (Å²) in [4.78, 5) is 18.2. The minimum absolute atomic E-state index is 0.0151. The number of fused-ring (bicyclic) bond motifs is 3. The number of aromatic amines is 1. The van der Waals surface area contributed by atoms with E-state index in [1.54, 1.807) is 12.1 Å². The Kier molecular flexibility index (Phi) is 5.29. The van der Waals surface area contributed by atoms with Gasteiger partial charge in [-0.2, -0.15) is 0 Å². The molecule has 0 aliphatic carbocycles. The minimum atomic E-state index is -0.414. The van der Waals surface area contributed by atoms with Gasteiger partial charge in [0.05, 0.1) is 17.1 Å². The third kappa shape index (κ3) is 3.76. The molecule has 5 nitrogen and oxygen atoms in total. The van der Waals surface area contributed by atoms with Crippen LogP contribution in [0, 0.1) is 11.6 Å². The van der Waals surface area contributed by atoms with Gasteiger partial charge in [0, 0.05) is 30.3 Å². The summed E-state index contributed by atoms with van der Waals surface area (Å²) in [7, 11) is 0. The first kappa shape index (κ1) is 21.8. The first-order valence-corrected chi connectivity index (χ1v) is 11.9. The van der Waals surface area contributed by atoms with Crippen LogP contribution in [0.1, 0.15) is 41.6 Å². The molecule has 1 saturated heterocycles. The number of halogens is 2. The van der Waals surface area contributed by atoms with Gasteiger partial charge in [0.1, 0.15) is 24.0 Å². The van der Waals surface area contributed by atoms with Crippen molar-refractivity contribution in [1.29, 1.82) is 0 Å². The Labute approximate surface area is 201 Å². The van der Waals surface area contributed by atoms with Crippen LogP contribution in [-0.4, -0.2) is 34.1 Å². The molecule has 0 spiro atoms. The maximum Gasteiger partial charge on any atom is 0.326 e. The first-order chi connectivity index (χ1) is 17.0. The van der Waals surface area contributed by atoms with Crippen molar-refractivity contribution in [3.63, 3.8) is 0 Å². The lowest BCUT2D eigenvalue weighted by molar-refractivity contribution is 0.299. The highest BCUT2D eigenvalue weighted by Crippen LogP contribution is 2.39. The summed E-state index contributed by atoms with van der Waals surface area (Å²) in [6.45, 7) is 4.98. The van der Waals surface area contributed by atoms with Crippen molar-refractivity contribution in [3.05, 3.63) is 99.0 Å². The number of imidazole rings is 1. The lowest BCUT2D eigenvalue weighted by atomic mass is 9.92. The van der Waals surface area contributed by atoms with E-state index in [1.165, 1.54) is 18.2 Å². The predicted octanol–water partition coefficient (Wildman–Crippen LogP) is 5.36. The molecule has 0 unspecified atom stereocenters. The van der Waals surface area contributed by atoms with Crippen molar-refractivity contribution in [1.82, 2.24) is 14.5 Å². The second kappa shape index (κ2) is 8.50. The van der Waals surface area contributed by atoms with Crippen LogP contribution in [0.4, 0.5) is 8.78 Å². The van der Waals surface area contributed by atoms with Gasteiger partial charge in [0.15, 0.2) is 0 Å². The van der Waals surface area contributed by atoms with Gasteiger partial charge in [0.25, 0.3) is 0 Å². The number of H-pyrrole nitrogens is 1. The van der Waals surface area contributed by atoms with Crippen molar-refractivity contribution >= 4 is 22.7 Å². The van der Waals surface area contributed by atoms with Crippen molar-refractivity contribution in [2.45, 2.75) is 26.0 Å². The zero-order valence-electron chi connectivity index (χ0n) is 19.4. The molecule has 4 aromatic rings. The van der Waals surface area contributed by atoms with E-state index >= 15 is 0 Å². The second-order valence-electron chi connectivity index (χ2n) is 9.17. The van der Waals surface area contributed by atoms with Gasteiger partial charge in [-0.25, -0.2) is 13.6 Å². The summed E-state index contributed by atoms with van der Waals surface area (Å²) in [5.74, 6) is -0.408. The number of nitrogens with zero attached hydrogens (tertiary/aromatic N) is 2. The summed E-state index contributed by atoms with van der Waals surface area (Å²) >= 11 is 0. The molecular weight excluding hydrogens is 448 g/mol. The van der Waals surface area contributed by atoms with Gasteiger partial charge in [-0.15, -0.1) is 0 Å². The monoisotopic (exact) mass is 473 g/mol. The van der Waals surface area contributed by atoms with E-state index in [0.717, 1.165) is 48.2 Å². The largest absolute Gasteiger partial charge is 0.488 e. The zero-order chi connectivity index (χ0) is 24.1. The molecule has 6 rings (SSSR count). The Bertz CT molecular complexity index is 1540. The molecule has 178 valence electrons. The summed E-state index contributed by atoms with van der Waals surface area (Å²) in [5, 5.41) is 0. The fourth-order valence-corrected chi connectivity index (χ4v) is 5.32. The number of hydrogen-bond donors (Lipinski definition) is 1. The van der Waals surface area contributed by atoms with E-state index < -0.39 is 5.82 Å². The molecule has 1 N–H and O–H groups in total. The summed E-state index contributed by atoms with van der Waals surface area (Å²) in [6.07, 6.45) is 2.88. The Morgan fingerprint density at radius 3 is 2.83 bits per heavy atom. The second-order valence-corrected chi connectivity index (χ2v) is 9.17. The van der Waals surface area contributed by atoms with Crippen molar-refractivity contribution in [2.24, 2.45) is 0 Å². The molecule has 35 heavy (non-hydrogen) atoms.